The van der Waals surface area contributed by atoms with Gasteiger partial charge in [0.25, 0.3) is 0 Å². The van der Waals surface area contributed by atoms with Gasteiger partial charge in [-0.25, -0.2) is 4.98 Å². The van der Waals surface area contributed by atoms with Crippen molar-refractivity contribution in [2.45, 2.75) is 0 Å². The normalized spacial score (nSPS) is 26.9. The highest BCUT2D eigenvalue weighted by Crippen LogP contribution is 2.34. The average molecular weight is 249 g/mol. The van der Waals surface area contributed by atoms with Crippen molar-refractivity contribution in [3.8, 4) is 6.07 Å². The minimum Gasteiger partial charge on any atom is -0.355 e. The first-order valence-electron chi connectivity index (χ1n) is 5.80. The molecule has 0 aromatic carbocycles. The SMILES string of the molecule is N#Cc1ccnc(N2C[C@H]3CNC[C@H]3C2)c1Cl. The van der Waals surface area contributed by atoms with Crippen LogP contribution in [-0.4, -0.2) is 31.2 Å². The molecule has 2 atom stereocenters. The number of nitriles is 1. The Morgan fingerprint density at radius 3 is 2.76 bits per heavy atom. The van der Waals surface area contributed by atoms with E-state index < -0.39 is 0 Å². The fraction of sp³-hybridized carbons (Fsp3) is 0.500. The zero-order chi connectivity index (χ0) is 11.8. The number of nitrogens with one attached hydrogen (secondary N) is 1. The zero-order valence-electron chi connectivity index (χ0n) is 9.36. The molecular formula is C12H13ClN4. The van der Waals surface area contributed by atoms with Crippen LogP contribution >= 0.6 is 11.6 Å². The molecule has 0 unspecified atom stereocenters. The van der Waals surface area contributed by atoms with Crippen LogP contribution in [0, 0.1) is 23.2 Å². The van der Waals surface area contributed by atoms with Crippen molar-refractivity contribution in [3.05, 3.63) is 22.8 Å². The Balaban J connectivity index is 1.89. The lowest BCUT2D eigenvalue weighted by atomic mass is 10.0. The first-order valence-corrected chi connectivity index (χ1v) is 6.17. The van der Waals surface area contributed by atoms with Crippen LogP contribution in [0.15, 0.2) is 12.3 Å². The standard InChI is InChI=1S/C12H13ClN4/c13-11-8(3-14)1-2-16-12(11)17-6-9-4-15-5-10(9)7-17/h1-2,9-10,15H,4-7H2/t9-,10+. The molecule has 4 nitrogen and oxygen atoms in total. The third-order valence-electron chi connectivity index (χ3n) is 3.68. The Labute approximate surface area is 105 Å². The molecule has 5 heteroatoms. The molecule has 2 aliphatic rings. The van der Waals surface area contributed by atoms with Gasteiger partial charge in [-0.3, -0.25) is 0 Å². The van der Waals surface area contributed by atoms with Gasteiger partial charge >= 0.3 is 0 Å². The lowest BCUT2D eigenvalue weighted by Crippen LogP contribution is -2.26. The molecule has 2 fully saturated rings. The predicted octanol–water partition coefficient (Wildman–Crippen LogP) is 1.26. The number of rotatable bonds is 1. The van der Waals surface area contributed by atoms with Crippen molar-refractivity contribution in [1.29, 1.82) is 5.26 Å². The summed E-state index contributed by atoms with van der Waals surface area (Å²) in [4.78, 5) is 6.53. The van der Waals surface area contributed by atoms with Gasteiger partial charge in [0, 0.05) is 32.4 Å². The van der Waals surface area contributed by atoms with Crippen LogP contribution < -0.4 is 10.2 Å². The lowest BCUT2D eigenvalue weighted by Gasteiger charge is -2.19. The monoisotopic (exact) mass is 248 g/mol. The van der Waals surface area contributed by atoms with Crippen LogP contribution in [0.3, 0.4) is 0 Å². The summed E-state index contributed by atoms with van der Waals surface area (Å²) in [7, 11) is 0. The van der Waals surface area contributed by atoms with E-state index in [2.05, 4.69) is 21.3 Å². The van der Waals surface area contributed by atoms with Crippen LogP contribution in [0.5, 0.6) is 0 Å². The van der Waals surface area contributed by atoms with E-state index in [0.29, 0.717) is 22.4 Å². The third-order valence-corrected chi connectivity index (χ3v) is 4.05. The topological polar surface area (TPSA) is 52.0 Å². The van der Waals surface area contributed by atoms with Crippen LogP contribution in [0.2, 0.25) is 5.02 Å². The highest BCUT2D eigenvalue weighted by atomic mass is 35.5. The number of nitrogens with zero attached hydrogens (tertiary/aromatic N) is 3. The maximum absolute atomic E-state index is 8.96. The molecule has 0 spiro atoms. The number of hydrogen-bond donors (Lipinski definition) is 1. The van der Waals surface area contributed by atoms with Crippen molar-refractivity contribution in [2.24, 2.45) is 11.8 Å². The van der Waals surface area contributed by atoms with Gasteiger partial charge in [0.05, 0.1) is 5.56 Å². The molecule has 88 valence electrons. The number of aromatic nitrogens is 1. The Hall–Kier alpha value is -1.31. The van der Waals surface area contributed by atoms with Gasteiger partial charge in [-0.15, -0.1) is 0 Å². The van der Waals surface area contributed by atoms with Gasteiger partial charge in [0.2, 0.25) is 0 Å². The largest absolute Gasteiger partial charge is 0.355 e. The number of hydrogen-bond acceptors (Lipinski definition) is 4. The lowest BCUT2D eigenvalue weighted by molar-refractivity contribution is 0.533. The maximum Gasteiger partial charge on any atom is 0.148 e. The minimum absolute atomic E-state index is 0.489. The molecule has 0 aliphatic carbocycles. The molecule has 0 amide bonds. The highest BCUT2D eigenvalue weighted by Gasteiger charge is 2.37. The van der Waals surface area contributed by atoms with Gasteiger partial charge in [0.1, 0.15) is 16.9 Å². The second-order valence-electron chi connectivity index (χ2n) is 4.69. The van der Waals surface area contributed by atoms with Gasteiger partial charge < -0.3 is 10.2 Å². The van der Waals surface area contributed by atoms with E-state index in [1.165, 1.54) is 0 Å². The molecule has 2 aliphatic heterocycles. The number of pyridine rings is 1. The first kappa shape index (κ1) is 10.8. The first-order chi connectivity index (χ1) is 8.29. The van der Waals surface area contributed by atoms with Crippen molar-refractivity contribution >= 4 is 17.4 Å². The van der Waals surface area contributed by atoms with E-state index >= 15 is 0 Å². The van der Waals surface area contributed by atoms with E-state index in [9.17, 15) is 0 Å². The minimum atomic E-state index is 0.489. The summed E-state index contributed by atoms with van der Waals surface area (Å²) in [6, 6.07) is 3.76. The molecule has 3 rings (SSSR count). The zero-order valence-corrected chi connectivity index (χ0v) is 10.1. The van der Waals surface area contributed by atoms with Crippen LogP contribution in [-0.2, 0) is 0 Å². The molecule has 0 saturated carbocycles. The van der Waals surface area contributed by atoms with Gasteiger partial charge in [-0.2, -0.15) is 5.26 Å². The molecular weight excluding hydrogens is 236 g/mol. The second kappa shape index (κ2) is 4.17. The van der Waals surface area contributed by atoms with Crippen LogP contribution in [0.1, 0.15) is 5.56 Å². The molecule has 2 saturated heterocycles. The van der Waals surface area contributed by atoms with E-state index in [4.69, 9.17) is 16.9 Å². The summed E-state index contributed by atoms with van der Waals surface area (Å²) in [5.41, 5.74) is 0.506. The van der Waals surface area contributed by atoms with Crippen LogP contribution in [0.25, 0.3) is 0 Å². The number of fused-ring (bicyclic) bond motifs is 1. The third kappa shape index (κ3) is 1.76. The summed E-state index contributed by atoms with van der Waals surface area (Å²) in [5.74, 6) is 2.15. The van der Waals surface area contributed by atoms with Gasteiger partial charge in [-0.05, 0) is 17.9 Å². The Morgan fingerprint density at radius 1 is 1.41 bits per heavy atom. The van der Waals surface area contributed by atoms with E-state index in [1.54, 1.807) is 12.3 Å². The molecule has 0 radical (unpaired) electrons. The smallest absolute Gasteiger partial charge is 0.148 e. The molecule has 0 bridgehead atoms. The van der Waals surface area contributed by atoms with Crippen molar-refractivity contribution < 1.29 is 0 Å². The number of halogens is 1. The molecule has 1 N–H and O–H groups in total. The maximum atomic E-state index is 8.96. The Bertz CT molecular complexity index is 470. The Kier molecular flexibility index (Phi) is 2.65. The predicted molar refractivity (Wildman–Crippen MR) is 66.0 cm³/mol. The fourth-order valence-corrected chi connectivity index (χ4v) is 3.04. The summed E-state index contributed by atoms with van der Waals surface area (Å²) in [6.07, 6.45) is 1.66. The summed E-state index contributed by atoms with van der Waals surface area (Å²) in [5, 5.41) is 12.8. The fourth-order valence-electron chi connectivity index (χ4n) is 2.77. The molecule has 3 heterocycles. The molecule has 1 aromatic heterocycles. The molecule has 1 aromatic rings. The van der Waals surface area contributed by atoms with Crippen molar-refractivity contribution in [3.63, 3.8) is 0 Å². The van der Waals surface area contributed by atoms with E-state index in [1.807, 2.05) is 0 Å². The van der Waals surface area contributed by atoms with Crippen LogP contribution in [0.4, 0.5) is 5.82 Å². The Morgan fingerprint density at radius 2 is 2.12 bits per heavy atom. The summed E-state index contributed by atoms with van der Waals surface area (Å²) < 4.78 is 0. The highest BCUT2D eigenvalue weighted by molar-refractivity contribution is 6.34. The summed E-state index contributed by atoms with van der Waals surface area (Å²) >= 11 is 6.20. The second-order valence-corrected chi connectivity index (χ2v) is 5.07. The van der Waals surface area contributed by atoms with E-state index in [0.717, 1.165) is 32.0 Å². The number of anilines is 1. The van der Waals surface area contributed by atoms with Gasteiger partial charge in [-0.1, -0.05) is 11.6 Å². The summed E-state index contributed by atoms with van der Waals surface area (Å²) in [6.45, 7) is 4.13. The quantitative estimate of drug-likeness (QED) is 0.813. The average Bonchev–Trinajstić information content (AvgIpc) is 2.89. The van der Waals surface area contributed by atoms with Crippen molar-refractivity contribution in [1.82, 2.24) is 10.3 Å². The van der Waals surface area contributed by atoms with E-state index in [-0.39, 0.29) is 0 Å². The molecule has 17 heavy (non-hydrogen) atoms. The van der Waals surface area contributed by atoms with Crippen molar-refractivity contribution in [2.75, 3.05) is 31.1 Å². The van der Waals surface area contributed by atoms with Gasteiger partial charge in [0.15, 0.2) is 0 Å².